The van der Waals surface area contributed by atoms with Crippen molar-refractivity contribution in [1.82, 2.24) is 5.32 Å². The number of amides is 1. The van der Waals surface area contributed by atoms with Gasteiger partial charge in [0, 0.05) is 24.6 Å². The first-order valence-electron chi connectivity index (χ1n) is 7.52. The molecule has 3 N–H and O–H groups in total. The number of hydrazone groups is 1. The number of benzene rings is 2. The Hall–Kier alpha value is -3.26. The zero-order valence-corrected chi connectivity index (χ0v) is 13.5. The fraction of sp³-hybridized carbons (Fsp3) is 0.176. The molecule has 0 saturated heterocycles. The molecule has 0 bridgehead atoms. The predicted octanol–water partition coefficient (Wildman–Crippen LogP) is 1.91. The lowest BCUT2D eigenvalue weighted by Crippen LogP contribution is -2.43. The van der Waals surface area contributed by atoms with Gasteiger partial charge in [-0.15, -0.1) is 0 Å². The van der Waals surface area contributed by atoms with E-state index >= 15 is 0 Å². The van der Waals surface area contributed by atoms with Gasteiger partial charge < -0.3 is 10.4 Å². The summed E-state index contributed by atoms with van der Waals surface area (Å²) < 4.78 is 0. The number of carbonyl (C=O) groups excluding carboxylic acids is 1. The van der Waals surface area contributed by atoms with Crippen LogP contribution in [-0.4, -0.2) is 34.3 Å². The van der Waals surface area contributed by atoms with Crippen molar-refractivity contribution >= 4 is 23.0 Å². The van der Waals surface area contributed by atoms with Crippen molar-refractivity contribution in [2.45, 2.75) is 13.0 Å². The third-order valence-electron chi connectivity index (χ3n) is 3.34. The molecular weight excluding hydrogens is 324 g/mol. The third kappa shape index (κ3) is 5.11. The van der Waals surface area contributed by atoms with Crippen molar-refractivity contribution in [2.24, 2.45) is 5.10 Å². The molecule has 0 aliphatic heterocycles. The number of aliphatic hydroxyl groups is 1. The number of hydrogen-bond donors (Lipinski definition) is 3. The molecule has 0 spiro atoms. The number of nitro groups is 1. The fourth-order valence-electron chi connectivity index (χ4n) is 2.18. The van der Waals surface area contributed by atoms with Crippen LogP contribution in [0, 0.1) is 10.1 Å². The highest BCUT2D eigenvalue weighted by Gasteiger charge is 2.19. The van der Waals surface area contributed by atoms with Crippen molar-refractivity contribution in [3.05, 3.63) is 70.3 Å². The Bertz CT molecular complexity index is 760. The number of nitrogens with one attached hydrogen (secondary N) is 2. The minimum Gasteiger partial charge on any atom is -0.394 e. The summed E-state index contributed by atoms with van der Waals surface area (Å²) in [4.78, 5) is 21.7. The Morgan fingerprint density at radius 2 is 1.84 bits per heavy atom. The van der Waals surface area contributed by atoms with E-state index in [1.807, 2.05) is 30.3 Å². The largest absolute Gasteiger partial charge is 0.394 e. The topological polar surface area (TPSA) is 117 Å². The van der Waals surface area contributed by atoms with E-state index in [1.165, 1.54) is 31.2 Å². The fourth-order valence-corrected chi connectivity index (χ4v) is 2.18. The Kier molecular flexibility index (Phi) is 6.19. The minimum atomic E-state index is -0.754. The van der Waals surface area contributed by atoms with Crippen LogP contribution in [0.25, 0.3) is 0 Å². The van der Waals surface area contributed by atoms with E-state index < -0.39 is 11.0 Å². The lowest BCUT2D eigenvalue weighted by Gasteiger charge is -2.18. The van der Waals surface area contributed by atoms with Gasteiger partial charge in [0.2, 0.25) is 5.91 Å². The first kappa shape index (κ1) is 18.1. The monoisotopic (exact) mass is 342 g/mol. The van der Waals surface area contributed by atoms with Gasteiger partial charge in [0.25, 0.3) is 5.69 Å². The van der Waals surface area contributed by atoms with Crippen LogP contribution in [-0.2, 0) is 4.79 Å². The summed E-state index contributed by atoms with van der Waals surface area (Å²) in [6.07, 6.45) is 0. The minimum absolute atomic E-state index is 0.0563. The Morgan fingerprint density at radius 3 is 2.36 bits per heavy atom. The summed E-state index contributed by atoms with van der Waals surface area (Å²) in [6.45, 7) is 0.965. The number of non-ortho nitro benzene ring substituents is 1. The van der Waals surface area contributed by atoms with Gasteiger partial charge in [0.15, 0.2) is 0 Å². The Balaban J connectivity index is 2.36. The average molecular weight is 342 g/mol. The maximum atomic E-state index is 11.4. The van der Waals surface area contributed by atoms with E-state index in [-0.39, 0.29) is 18.2 Å². The van der Waals surface area contributed by atoms with Crippen LogP contribution in [0.15, 0.2) is 59.7 Å². The maximum absolute atomic E-state index is 11.4. The van der Waals surface area contributed by atoms with Crippen molar-refractivity contribution in [3.8, 4) is 0 Å². The standard InChI is InChI=1S/C17H18N4O4/c1-12(23)18-16(11-22)17(20-19-14-5-3-2-4-6-14)13-7-9-15(10-8-13)21(24)25/h2-10,16,19,22H,11H2,1H3,(H,18,23). The van der Waals surface area contributed by atoms with Crippen LogP contribution >= 0.6 is 0 Å². The lowest BCUT2D eigenvalue weighted by molar-refractivity contribution is -0.384. The van der Waals surface area contributed by atoms with Gasteiger partial charge in [0.05, 0.1) is 29.0 Å². The highest BCUT2D eigenvalue weighted by atomic mass is 16.6. The normalized spacial score (nSPS) is 12.3. The lowest BCUT2D eigenvalue weighted by atomic mass is 10.0. The summed E-state index contributed by atoms with van der Waals surface area (Å²) in [5.41, 5.74) is 4.43. The Labute approximate surface area is 144 Å². The highest BCUT2D eigenvalue weighted by molar-refractivity contribution is 6.06. The van der Waals surface area contributed by atoms with Crippen LogP contribution in [0.3, 0.4) is 0 Å². The zero-order chi connectivity index (χ0) is 18.2. The summed E-state index contributed by atoms with van der Waals surface area (Å²) in [6, 6.07) is 14.1. The van der Waals surface area contributed by atoms with E-state index in [1.54, 1.807) is 0 Å². The van der Waals surface area contributed by atoms with Crippen LogP contribution < -0.4 is 10.7 Å². The van der Waals surface area contributed by atoms with Crippen molar-refractivity contribution < 1.29 is 14.8 Å². The predicted molar refractivity (Wildman–Crippen MR) is 94.4 cm³/mol. The molecule has 1 unspecified atom stereocenters. The molecule has 1 atom stereocenters. The first-order chi connectivity index (χ1) is 12.0. The second-order valence-corrected chi connectivity index (χ2v) is 5.21. The molecule has 2 aromatic carbocycles. The SMILES string of the molecule is CC(=O)NC(CO)C(=NNc1ccccc1)c1ccc([N+](=O)[O-])cc1. The average Bonchev–Trinajstić information content (AvgIpc) is 2.61. The zero-order valence-electron chi connectivity index (χ0n) is 13.5. The summed E-state index contributed by atoms with van der Waals surface area (Å²) in [7, 11) is 0. The van der Waals surface area contributed by atoms with E-state index in [4.69, 9.17) is 0 Å². The van der Waals surface area contributed by atoms with E-state index in [9.17, 15) is 20.0 Å². The molecule has 8 heteroatoms. The van der Waals surface area contributed by atoms with Crippen LogP contribution in [0.4, 0.5) is 11.4 Å². The highest BCUT2D eigenvalue weighted by Crippen LogP contribution is 2.15. The molecule has 0 radical (unpaired) electrons. The quantitative estimate of drug-likeness (QED) is 0.404. The van der Waals surface area contributed by atoms with E-state index in [0.29, 0.717) is 11.3 Å². The molecule has 2 rings (SSSR count). The Morgan fingerprint density at radius 1 is 1.20 bits per heavy atom. The molecule has 0 aliphatic rings. The van der Waals surface area contributed by atoms with Crippen LogP contribution in [0.2, 0.25) is 0 Å². The summed E-state index contributed by atoms with van der Waals surface area (Å²) in [5.74, 6) is -0.326. The molecule has 0 saturated carbocycles. The number of carbonyl (C=O) groups is 1. The summed E-state index contributed by atoms with van der Waals surface area (Å²) in [5, 5.41) is 27.3. The van der Waals surface area contributed by atoms with Crippen molar-refractivity contribution in [2.75, 3.05) is 12.0 Å². The van der Waals surface area contributed by atoms with E-state index in [2.05, 4.69) is 15.8 Å². The van der Waals surface area contributed by atoms with Gasteiger partial charge in [-0.05, 0) is 24.3 Å². The van der Waals surface area contributed by atoms with Crippen LogP contribution in [0.1, 0.15) is 12.5 Å². The molecule has 25 heavy (non-hydrogen) atoms. The van der Waals surface area contributed by atoms with Crippen molar-refractivity contribution in [3.63, 3.8) is 0 Å². The number of nitrogens with zero attached hydrogens (tertiary/aromatic N) is 2. The number of rotatable bonds is 7. The molecule has 8 nitrogen and oxygen atoms in total. The molecule has 1 amide bonds. The maximum Gasteiger partial charge on any atom is 0.269 e. The molecule has 2 aromatic rings. The number of aliphatic hydroxyl groups excluding tert-OH is 1. The number of para-hydroxylation sites is 1. The third-order valence-corrected chi connectivity index (χ3v) is 3.34. The second-order valence-electron chi connectivity index (χ2n) is 5.21. The molecule has 0 heterocycles. The van der Waals surface area contributed by atoms with Gasteiger partial charge in [-0.3, -0.25) is 20.3 Å². The smallest absolute Gasteiger partial charge is 0.269 e. The number of hydrogen-bond acceptors (Lipinski definition) is 6. The summed E-state index contributed by atoms with van der Waals surface area (Å²) >= 11 is 0. The van der Waals surface area contributed by atoms with Gasteiger partial charge in [-0.2, -0.15) is 5.10 Å². The molecule has 0 aromatic heterocycles. The first-order valence-corrected chi connectivity index (χ1v) is 7.52. The molecule has 0 fully saturated rings. The van der Waals surface area contributed by atoms with Gasteiger partial charge in [-0.25, -0.2) is 0 Å². The van der Waals surface area contributed by atoms with Gasteiger partial charge in [-0.1, -0.05) is 18.2 Å². The molecular formula is C17H18N4O4. The van der Waals surface area contributed by atoms with Crippen LogP contribution in [0.5, 0.6) is 0 Å². The van der Waals surface area contributed by atoms with Crippen molar-refractivity contribution in [1.29, 1.82) is 0 Å². The van der Waals surface area contributed by atoms with Gasteiger partial charge in [0.1, 0.15) is 0 Å². The molecule has 0 aliphatic carbocycles. The second kappa shape index (κ2) is 8.55. The number of nitro benzene ring substituents is 1. The van der Waals surface area contributed by atoms with Gasteiger partial charge >= 0.3 is 0 Å². The number of anilines is 1. The molecule has 130 valence electrons. The van der Waals surface area contributed by atoms with E-state index in [0.717, 1.165) is 5.69 Å².